The van der Waals surface area contributed by atoms with Gasteiger partial charge < -0.3 is 0 Å². The molecule has 0 saturated carbocycles. The van der Waals surface area contributed by atoms with E-state index in [-0.39, 0.29) is 4.90 Å². The van der Waals surface area contributed by atoms with Crippen LogP contribution in [-0.4, -0.2) is 13.0 Å². The molecule has 3 nitrogen and oxygen atoms in total. The third-order valence-corrected chi connectivity index (χ3v) is 3.39. The van der Waals surface area contributed by atoms with E-state index in [4.69, 9.17) is 4.55 Å². The largest absolute Gasteiger partial charge is 0.294 e. The minimum Gasteiger partial charge on any atom is -0.282 e. The highest BCUT2D eigenvalue weighted by Crippen LogP contribution is 2.22. The zero-order valence-electron chi connectivity index (χ0n) is 9.31. The van der Waals surface area contributed by atoms with Crippen molar-refractivity contribution in [1.82, 2.24) is 0 Å². The van der Waals surface area contributed by atoms with Gasteiger partial charge in [0.2, 0.25) is 0 Å². The zero-order chi connectivity index (χ0) is 12.2. The molecule has 0 spiro atoms. The van der Waals surface area contributed by atoms with Gasteiger partial charge in [-0.3, -0.25) is 4.55 Å². The molecule has 0 atom stereocenters. The van der Waals surface area contributed by atoms with Gasteiger partial charge in [-0.1, -0.05) is 38.1 Å². The highest BCUT2D eigenvalue weighted by atomic mass is 32.2. The molecule has 1 aromatic carbocycles. The summed E-state index contributed by atoms with van der Waals surface area (Å²) in [6.45, 7) is 5.68. The highest BCUT2D eigenvalue weighted by Gasteiger charge is 2.16. The van der Waals surface area contributed by atoms with Gasteiger partial charge in [-0.2, -0.15) is 8.42 Å². The Hall–Kier alpha value is -1.13. The van der Waals surface area contributed by atoms with Crippen LogP contribution in [0.2, 0.25) is 0 Å². The predicted molar refractivity (Wildman–Crippen MR) is 65.0 cm³/mol. The summed E-state index contributed by atoms with van der Waals surface area (Å²) in [5.74, 6) is 0. The summed E-state index contributed by atoms with van der Waals surface area (Å²) < 4.78 is 31.5. The van der Waals surface area contributed by atoms with E-state index in [9.17, 15) is 8.42 Å². The first-order valence-corrected chi connectivity index (χ1v) is 6.66. The number of unbranched alkanes of at least 4 members (excludes halogenated alkanes) is 1. The van der Waals surface area contributed by atoms with Crippen LogP contribution in [0.15, 0.2) is 29.7 Å². The number of rotatable bonds is 5. The van der Waals surface area contributed by atoms with E-state index in [2.05, 4.69) is 6.58 Å². The van der Waals surface area contributed by atoms with Gasteiger partial charge in [0.15, 0.2) is 0 Å². The van der Waals surface area contributed by atoms with Crippen LogP contribution >= 0.6 is 0 Å². The maximum Gasteiger partial charge on any atom is 0.294 e. The number of hydrogen-bond donors (Lipinski definition) is 1. The molecule has 4 heteroatoms. The summed E-state index contributed by atoms with van der Waals surface area (Å²) in [6, 6.07) is 4.83. The van der Waals surface area contributed by atoms with Crippen LogP contribution in [0.1, 0.15) is 30.9 Å². The monoisotopic (exact) mass is 240 g/mol. The smallest absolute Gasteiger partial charge is 0.282 e. The summed E-state index contributed by atoms with van der Waals surface area (Å²) in [6.07, 6.45) is 4.09. The first-order valence-electron chi connectivity index (χ1n) is 5.22. The molecule has 16 heavy (non-hydrogen) atoms. The second-order valence-corrected chi connectivity index (χ2v) is 5.00. The van der Waals surface area contributed by atoms with Crippen molar-refractivity contribution >= 4 is 16.2 Å². The third kappa shape index (κ3) is 2.93. The Morgan fingerprint density at radius 2 is 2.12 bits per heavy atom. The molecule has 0 bridgehead atoms. The summed E-state index contributed by atoms with van der Waals surface area (Å²) in [5, 5.41) is 0. The number of benzene rings is 1. The van der Waals surface area contributed by atoms with Gasteiger partial charge in [0.25, 0.3) is 10.1 Å². The fourth-order valence-electron chi connectivity index (χ4n) is 1.64. The fraction of sp³-hybridized carbons (Fsp3) is 0.333. The van der Waals surface area contributed by atoms with Gasteiger partial charge >= 0.3 is 0 Å². The average molecular weight is 240 g/mol. The Labute approximate surface area is 96.6 Å². The standard InChI is InChI=1S/C12H16O3S/c1-3-5-8-11-10(4-2)7-6-9-12(11)16(13,14)15/h4,6-7,9H,2-3,5,8H2,1H3,(H,13,14,15). The Bertz CT molecular complexity index is 475. The van der Waals surface area contributed by atoms with Crippen molar-refractivity contribution in [3.05, 3.63) is 35.9 Å². The van der Waals surface area contributed by atoms with Crippen molar-refractivity contribution in [1.29, 1.82) is 0 Å². The first kappa shape index (κ1) is 12.9. The molecule has 0 aromatic heterocycles. The van der Waals surface area contributed by atoms with Crippen LogP contribution in [0.5, 0.6) is 0 Å². The molecule has 1 N–H and O–H groups in total. The van der Waals surface area contributed by atoms with Crippen LogP contribution < -0.4 is 0 Å². The first-order chi connectivity index (χ1) is 7.50. The fourth-order valence-corrected chi connectivity index (χ4v) is 2.42. The zero-order valence-corrected chi connectivity index (χ0v) is 10.1. The van der Waals surface area contributed by atoms with E-state index in [0.717, 1.165) is 18.4 Å². The SMILES string of the molecule is C=Cc1cccc(S(=O)(=O)O)c1CCCC. The molecule has 0 fully saturated rings. The summed E-state index contributed by atoms with van der Waals surface area (Å²) >= 11 is 0. The normalized spacial score (nSPS) is 11.4. The van der Waals surface area contributed by atoms with Crippen LogP contribution in [0.3, 0.4) is 0 Å². The Morgan fingerprint density at radius 1 is 1.44 bits per heavy atom. The highest BCUT2D eigenvalue weighted by molar-refractivity contribution is 7.85. The van der Waals surface area contributed by atoms with Crippen molar-refractivity contribution in [2.75, 3.05) is 0 Å². The Kier molecular flexibility index (Phi) is 4.26. The predicted octanol–water partition coefficient (Wildman–Crippen LogP) is 2.92. The molecule has 0 aliphatic heterocycles. The van der Waals surface area contributed by atoms with Gasteiger partial charge in [0.05, 0.1) is 4.90 Å². The quantitative estimate of drug-likeness (QED) is 0.805. The molecule has 0 aliphatic carbocycles. The van der Waals surface area contributed by atoms with E-state index >= 15 is 0 Å². The van der Waals surface area contributed by atoms with Crippen LogP contribution in [-0.2, 0) is 16.5 Å². The second-order valence-electron chi connectivity index (χ2n) is 3.61. The molecular formula is C12H16O3S. The second kappa shape index (κ2) is 5.27. The maximum absolute atomic E-state index is 11.2. The van der Waals surface area contributed by atoms with E-state index in [1.807, 2.05) is 6.92 Å². The van der Waals surface area contributed by atoms with Crippen molar-refractivity contribution < 1.29 is 13.0 Å². The van der Waals surface area contributed by atoms with Gasteiger partial charge in [-0.25, -0.2) is 0 Å². The molecule has 1 aromatic rings. The molecule has 0 saturated heterocycles. The number of hydrogen-bond acceptors (Lipinski definition) is 2. The van der Waals surface area contributed by atoms with Gasteiger partial charge in [0.1, 0.15) is 0 Å². The summed E-state index contributed by atoms with van der Waals surface area (Å²) in [5.41, 5.74) is 1.42. The molecule has 88 valence electrons. The van der Waals surface area contributed by atoms with E-state index in [0.29, 0.717) is 12.0 Å². The minimum atomic E-state index is -4.14. The maximum atomic E-state index is 11.2. The molecule has 0 aliphatic rings. The van der Waals surface area contributed by atoms with Gasteiger partial charge in [-0.15, -0.1) is 0 Å². The Balaban J connectivity index is 3.32. The lowest BCUT2D eigenvalue weighted by atomic mass is 10.0. The minimum absolute atomic E-state index is 0.00153. The molecule has 0 amide bonds. The van der Waals surface area contributed by atoms with Crippen LogP contribution in [0, 0.1) is 0 Å². The van der Waals surface area contributed by atoms with Crippen LogP contribution in [0.25, 0.3) is 6.08 Å². The average Bonchev–Trinajstić information content (AvgIpc) is 2.24. The lowest BCUT2D eigenvalue weighted by Crippen LogP contribution is -2.05. The molecule has 1 rings (SSSR count). The molecule has 0 radical (unpaired) electrons. The van der Waals surface area contributed by atoms with Gasteiger partial charge in [0, 0.05) is 0 Å². The van der Waals surface area contributed by atoms with Crippen molar-refractivity contribution in [3.8, 4) is 0 Å². The lowest BCUT2D eigenvalue weighted by Gasteiger charge is -2.10. The lowest BCUT2D eigenvalue weighted by molar-refractivity contribution is 0.482. The third-order valence-electron chi connectivity index (χ3n) is 2.45. The van der Waals surface area contributed by atoms with Crippen LogP contribution in [0.4, 0.5) is 0 Å². The van der Waals surface area contributed by atoms with Crippen molar-refractivity contribution in [2.45, 2.75) is 31.1 Å². The molecule has 0 heterocycles. The van der Waals surface area contributed by atoms with Gasteiger partial charge in [-0.05, 0) is 30.0 Å². The summed E-state index contributed by atoms with van der Waals surface area (Å²) in [7, 11) is -4.14. The molecule has 0 unspecified atom stereocenters. The topological polar surface area (TPSA) is 54.4 Å². The van der Waals surface area contributed by atoms with Crippen molar-refractivity contribution in [2.24, 2.45) is 0 Å². The Morgan fingerprint density at radius 3 is 2.62 bits per heavy atom. The molecular weight excluding hydrogens is 224 g/mol. The van der Waals surface area contributed by atoms with E-state index in [1.54, 1.807) is 18.2 Å². The van der Waals surface area contributed by atoms with E-state index < -0.39 is 10.1 Å². The van der Waals surface area contributed by atoms with E-state index in [1.165, 1.54) is 6.07 Å². The van der Waals surface area contributed by atoms with Crippen molar-refractivity contribution in [3.63, 3.8) is 0 Å². The summed E-state index contributed by atoms with van der Waals surface area (Å²) in [4.78, 5) is -0.00153.